The first-order valence-corrected chi connectivity index (χ1v) is 5.78. The second-order valence-corrected chi connectivity index (χ2v) is 4.35. The van der Waals surface area contributed by atoms with Crippen molar-refractivity contribution in [2.24, 2.45) is 0 Å². The van der Waals surface area contributed by atoms with E-state index in [1.54, 1.807) is 0 Å². The molecule has 0 aromatic carbocycles. The Morgan fingerprint density at radius 1 is 1.60 bits per heavy atom. The van der Waals surface area contributed by atoms with Crippen LogP contribution in [-0.2, 0) is 4.43 Å². The SMILES string of the molecule is CC(C)c1cc(CI)cs1. The minimum absolute atomic E-state index is 0.696. The van der Waals surface area contributed by atoms with Gasteiger partial charge in [-0.05, 0) is 22.9 Å². The molecule has 0 fully saturated rings. The fraction of sp³-hybridized carbons (Fsp3) is 0.500. The lowest BCUT2D eigenvalue weighted by Crippen LogP contribution is -1.78. The quantitative estimate of drug-likeness (QED) is 0.564. The van der Waals surface area contributed by atoms with Crippen molar-refractivity contribution in [3.05, 3.63) is 21.9 Å². The Balaban J connectivity index is 2.78. The maximum Gasteiger partial charge on any atom is 0.0255 e. The summed E-state index contributed by atoms with van der Waals surface area (Å²) in [6, 6.07) is 2.31. The van der Waals surface area contributed by atoms with Crippen molar-refractivity contribution in [1.82, 2.24) is 0 Å². The summed E-state index contributed by atoms with van der Waals surface area (Å²) in [7, 11) is 0. The van der Waals surface area contributed by atoms with Gasteiger partial charge in [-0.25, -0.2) is 0 Å². The Kier molecular flexibility index (Phi) is 3.17. The molecule has 0 nitrogen and oxygen atoms in total. The Morgan fingerprint density at radius 2 is 2.30 bits per heavy atom. The smallest absolute Gasteiger partial charge is 0.0255 e. The van der Waals surface area contributed by atoms with Crippen LogP contribution in [0.1, 0.15) is 30.2 Å². The Hall–Kier alpha value is 0.430. The molecule has 0 N–H and O–H groups in total. The zero-order chi connectivity index (χ0) is 7.56. The normalized spacial score (nSPS) is 10.8. The van der Waals surface area contributed by atoms with E-state index in [4.69, 9.17) is 0 Å². The number of hydrogen-bond donors (Lipinski definition) is 0. The predicted octanol–water partition coefficient (Wildman–Crippen LogP) is 3.81. The molecular weight excluding hydrogens is 255 g/mol. The molecule has 0 bridgehead atoms. The molecule has 1 heterocycles. The lowest BCUT2D eigenvalue weighted by atomic mass is 10.2. The highest BCUT2D eigenvalue weighted by atomic mass is 127. The van der Waals surface area contributed by atoms with Gasteiger partial charge in [0.25, 0.3) is 0 Å². The molecule has 0 atom stereocenters. The van der Waals surface area contributed by atoms with Gasteiger partial charge in [-0.15, -0.1) is 11.3 Å². The number of hydrogen-bond acceptors (Lipinski definition) is 1. The summed E-state index contributed by atoms with van der Waals surface area (Å²) in [5, 5.41) is 2.25. The fourth-order valence-corrected chi connectivity index (χ4v) is 2.44. The summed E-state index contributed by atoms with van der Waals surface area (Å²) in [5.74, 6) is 0.696. The first kappa shape index (κ1) is 8.53. The van der Waals surface area contributed by atoms with Gasteiger partial charge in [0.15, 0.2) is 0 Å². The van der Waals surface area contributed by atoms with Crippen LogP contribution in [0, 0.1) is 0 Å². The monoisotopic (exact) mass is 266 g/mol. The van der Waals surface area contributed by atoms with Crippen LogP contribution in [0.3, 0.4) is 0 Å². The van der Waals surface area contributed by atoms with Crippen LogP contribution in [0.25, 0.3) is 0 Å². The predicted molar refractivity (Wildman–Crippen MR) is 56.1 cm³/mol. The standard InChI is InChI=1S/C8H11IS/c1-6(2)8-3-7(4-9)5-10-8/h3,5-6H,4H2,1-2H3. The number of thiophene rings is 1. The molecule has 2 heteroatoms. The maximum atomic E-state index is 2.40. The third-order valence-electron chi connectivity index (χ3n) is 1.40. The lowest BCUT2D eigenvalue weighted by molar-refractivity contribution is 0.889. The van der Waals surface area contributed by atoms with Crippen molar-refractivity contribution in [1.29, 1.82) is 0 Å². The number of halogens is 1. The summed E-state index contributed by atoms with van der Waals surface area (Å²) in [5.41, 5.74) is 1.47. The zero-order valence-corrected chi connectivity index (χ0v) is 9.20. The molecule has 1 aromatic heterocycles. The third kappa shape index (κ3) is 1.95. The van der Waals surface area contributed by atoms with Crippen LogP contribution in [0.4, 0.5) is 0 Å². The van der Waals surface area contributed by atoms with Crippen molar-refractivity contribution in [3.8, 4) is 0 Å². The molecule has 0 aliphatic heterocycles. The van der Waals surface area contributed by atoms with E-state index >= 15 is 0 Å². The molecule has 0 radical (unpaired) electrons. The molecule has 0 unspecified atom stereocenters. The molecule has 1 rings (SSSR count). The van der Waals surface area contributed by atoms with Gasteiger partial charge in [0.05, 0.1) is 0 Å². The van der Waals surface area contributed by atoms with E-state index in [2.05, 4.69) is 47.9 Å². The van der Waals surface area contributed by atoms with Gasteiger partial charge in [-0.2, -0.15) is 0 Å². The molecule has 10 heavy (non-hydrogen) atoms. The molecule has 56 valence electrons. The van der Waals surface area contributed by atoms with Crippen molar-refractivity contribution in [2.45, 2.75) is 24.2 Å². The molecule has 0 spiro atoms. The van der Waals surface area contributed by atoms with Crippen molar-refractivity contribution < 1.29 is 0 Å². The van der Waals surface area contributed by atoms with E-state index in [1.165, 1.54) is 10.4 Å². The highest BCUT2D eigenvalue weighted by Gasteiger charge is 2.01. The van der Waals surface area contributed by atoms with Crippen molar-refractivity contribution in [3.63, 3.8) is 0 Å². The highest BCUT2D eigenvalue weighted by Crippen LogP contribution is 2.24. The Morgan fingerprint density at radius 3 is 2.60 bits per heavy atom. The van der Waals surface area contributed by atoms with Gasteiger partial charge in [0.1, 0.15) is 0 Å². The topological polar surface area (TPSA) is 0 Å². The van der Waals surface area contributed by atoms with Crippen LogP contribution in [0.5, 0.6) is 0 Å². The second-order valence-electron chi connectivity index (χ2n) is 2.65. The van der Waals surface area contributed by atoms with Gasteiger partial charge < -0.3 is 0 Å². The fourth-order valence-electron chi connectivity index (χ4n) is 0.767. The van der Waals surface area contributed by atoms with Gasteiger partial charge in [0.2, 0.25) is 0 Å². The van der Waals surface area contributed by atoms with Crippen LogP contribution in [0.15, 0.2) is 11.4 Å². The molecule has 0 aliphatic carbocycles. The summed E-state index contributed by atoms with van der Waals surface area (Å²) < 4.78 is 1.14. The average molecular weight is 266 g/mol. The first-order chi connectivity index (χ1) is 4.74. The van der Waals surface area contributed by atoms with Crippen LogP contribution < -0.4 is 0 Å². The Bertz CT molecular complexity index is 203. The van der Waals surface area contributed by atoms with E-state index in [9.17, 15) is 0 Å². The summed E-state index contributed by atoms with van der Waals surface area (Å²) >= 11 is 4.27. The van der Waals surface area contributed by atoms with Gasteiger partial charge in [-0.1, -0.05) is 36.4 Å². The molecule has 0 amide bonds. The molecule has 1 aromatic rings. The van der Waals surface area contributed by atoms with Crippen molar-refractivity contribution >= 4 is 33.9 Å². The third-order valence-corrected chi connectivity index (χ3v) is 3.56. The molecular formula is C8H11IS. The summed E-state index contributed by atoms with van der Waals surface area (Å²) in [6.07, 6.45) is 0. The van der Waals surface area contributed by atoms with Crippen molar-refractivity contribution in [2.75, 3.05) is 0 Å². The Labute approximate surface area is 79.8 Å². The molecule has 0 saturated heterocycles. The van der Waals surface area contributed by atoms with E-state index in [-0.39, 0.29) is 0 Å². The van der Waals surface area contributed by atoms with Crippen LogP contribution in [0.2, 0.25) is 0 Å². The summed E-state index contributed by atoms with van der Waals surface area (Å²) in [4.78, 5) is 1.51. The average Bonchev–Trinajstić information content (AvgIpc) is 2.34. The van der Waals surface area contributed by atoms with Gasteiger partial charge >= 0.3 is 0 Å². The van der Waals surface area contributed by atoms with Crippen LogP contribution >= 0.6 is 33.9 Å². The molecule has 0 saturated carbocycles. The number of alkyl halides is 1. The van der Waals surface area contributed by atoms with Crippen LogP contribution in [-0.4, -0.2) is 0 Å². The first-order valence-electron chi connectivity index (χ1n) is 3.37. The number of rotatable bonds is 2. The molecule has 0 aliphatic rings. The van der Waals surface area contributed by atoms with Gasteiger partial charge in [-0.3, -0.25) is 0 Å². The summed E-state index contributed by atoms with van der Waals surface area (Å²) in [6.45, 7) is 4.48. The zero-order valence-electron chi connectivity index (χ0n) is 6.23. The minimum Gasteiger partial charge on any atom is -0.148 e. The lowest BCUT2D eigenvalue weighted by Gasteiger charge is -1.96. The van der Waals surface area contributed by atoms with E-state index in [0.29, 0.717) is 5.92 Å². The maximum absolute atomic E-state index is 2.40. The largest absolute Gasteiger partial charge is 0.148 e. The van der Waals surface area contributed by atoms with Gasteiger partial charge in [0, 0.05) is 9.30 Å². The minimum atomic E-state index is 0.696. The van der Waals surface area contributed by atoms with E-state index in [1.807, 2.05) is 11.3 Å². The van der Waals surface area contributed by atoms with E-state index in [0.717, 1.165) is 4.43 Å². The van der Waals surface area contributed by atoms with E-state index < -0.39 is 0 Å². The highest BCUT2D eigenvalue weighted by molar-refractivity contribution is 14.1. The second kappa shape index (κ2) is 3.72.